The molecule has 1 aromatic carbocycles. The average molecular weight is 289 g/mol. The van der Waals surface area contributed by atoms with Crippen molar-refractivity contribution >= 4 is 5.69 Å². The largest absolute Gasteiger partial charge is 0.489 e. The summed E-state index contributed by atoms with van der Waals surface area (Å²) in [6.07, 6.45) is 0. The molecule has 0 bridgehead atoms. The highest BCUT2D eigenvalue weighted by Gasteiger charge is 2.12. The zero-order valence-corrected chi connectivity index (χ0v) is 14.7. The van der Waals surface area contributed by atoms with Gasteiger partial charge in [0.25, 0.3) is 0 Å². The van der Waals surface area contributed by atoms with Crippen molar-refractivity contribution < 1.29 is 4.74 Å². The summed E-state index contributed by atoms with van der Waals surface area (Å²) in [5.41, 5.74) is 4.79. The Morgan fingerprint density at radius 2 is 1.71 bits per heavy atom. The molecule has 0 saturated carbocycles. The van der Waals surface area contributed by atoms with E-state index in [1.165, 1.54) is 16.8 Å². The van der Waals surface area contributed by atoms with Gasteiger partial charge in [0, 0.05) is 11.7 Å². The molecule has 0 heterocycles. The molecule has 0 spiro atoms. The maximum atomic E-state index is 5.92. The van der Waals surface area contributed by atoms with Crippen LogP contribution in [0.25, 0.3) is 0 Å². The standard InChI is InChI=1S/C19H31NO/c1-12(2)14(5)11-21-19-10-9-18(15(6)16(19)7)20-17(8)13(3)4/h9-10,12-13,17,20H,5,11H2,1-4,6-8H3. The minimum atomic E-state index is 0.454. The van der Waals surface area contributed by atoms with Crippen molar-refractivity contribution in [1.82, 2.24) is 0 Å². The molecule has 0 aliphatic heterocycles. The van der Waals surface area contributed by atoms with Crippen molar-refractivity contribution in [3.8, 4) is 5.75 Å². The average Bonchev–Trinajstić information content (AvgIpc) is 2.42. The Morgan fingerprint density at radius 3 is 2.24 bits per heavy atom. The van der Waals surface area contributed by atoms with Crippen LogP contribution in [0.2, 0.25) is 0 Å². The van der Waals surface area contributed by atoms with Gasteiger partial charge in [-0.3, -0.25) is 0 Å². The molecule has 1 aromatic rings. The highest BCUT2D eigenvalue weighted by Crippen LogP contribution is 2.29. The molecule has 0 aromatic heterocycles. The first-order valence-electron chi connectivity index (χ1n) is 7.91. The molecule has 1 rings (SSSR count). The number of benzene rings is 1. The maximum Gasteiger partial charge on any atom is 0.123 e. The van der Waals surface area contributed by atoms with Gasteiger partial charge in [0.2, 0.25) is 0 Å². The van der Waals surface area contributed by atoms with E-state index in [1.54, 1.807) is 0 Å². The van der Waals surface area contributed by atoms with Gasteiger partial charge in [0.1, 0.15) is 12.4 Å². The fourth-order valence-electron chi connectivity index (χ4n) is 1.86. The monoisotopic (exact) mass is 289 g/mol. The molecule has 0 aliphatic carbocycles. The summed E-state index contributed by atoms with van der Waals surface area (Å²) in [6, 6.07) is 4.63. The predicted octanol–water partition coefficient (Wildman–Crippen LogP) is 5.35. The van der Waals surface area contributed by atoms with E-state index in [9.17, 15) is 0 Å². The Bertz CT molecular complexity index is 489. The van der Waals surface area contributed by atoms with Crippen LogP contribution in [0.4, 0.5) is 5.69 Å². The van der Waals surface area contributed by atoms with E-state index in [-0.39, 0.29) is 0 Å². The predicted molar refractivity (Wildman–Crippen MR) is 93.3 cm³/mol. The first kappa shape index (κ1) is 17.6. The molecule has 0 saturated heterocycles. The van der Waals surface area contributed by atoms with Crippen molar-refractivity contribution in [3.63, 3.8) is 0 Å². The first-order chi connectivity index (χ1) is 9.73. The second kappa shape index (κ2) is 7.53. The fraction of sp³-hybridized carbons (Fsp3) is 0.579. The summed E-state index contributed by atoms with van der Waals surface area (Å²) in [5, 5.41) is 3.59. The molecule has 2 nitrogen and oxygen atoms in total. The number of hydrogen-bond donors (Lipinski definition) is 1. The molecular weight excluding hydrogens is 258 g/mol. The van der Waals surface area contributed by atoms with Gasteiger partial charge in [-0.05, 0) is 61.4 Å². The lowest BCUT2D eigenvalue weighted by Gasteiger charge is -2.22. The third-order valence-corrected chi connectivity index (χ3v) is 4.35. The van der Waals surface area contributed by atoms with Gasteiger partial charge < -0.3 is 10.1 Å². The minimum Gasteiger partial charge on any atom is -0.489 e. The van der Waals surface area contributed by atoms with Crippen molar-refractivity contribution in [2.45, 2.75) is 54.5 Å². The van der Waals surface area contributed by atoms with Crippen LogP contribution in [0.1, 0.15) is 45.7 Å². The maximum absolute atomic E-state index is 5.92. The van der Waals surface area contributed by atoms with E-state index >= 15 is 0 Å². The van der Waals surface area contributed by atoms with Crippen LogP contribution >= 0.6 is 0 Å². The summed E-state index contributed by atoms with van der Waals surface area (Å²) in [7, 11) is 0. The third kappa shape index (κ3) is 4.80. The molecule has 0 fully saturated rings. The Labute approximate surface area is 130 Å². The second-order valence-electron chi connectivity index (χ2n) is 6.64. The lowest BCUT2D eigenvalue weighted by Crippen LogP contribution is -2.22. The van der Waals surface area contributed by atoms with Gasteiger partial charge >= 0.3 is 0 Å². The van der Waals surface area contributed by atoms with Crippen molar-refractivity contribution in [2.24, 2.45) is 11.8 Å². The molecule has 1 N–H and O–H groups in total. The Hall–Kier alpha value is -1.44. The Balaban J connectivity index is 2.83. The lowest BCUT2D eigenvalue weighted by atomic mass is 10.0. The zero-order valence-electron chi connectivity index (χ0n) is 14.7. The van der Waals surface area contributed by atoms with Crippen molar-refractivity contribution in [3.05, 3.63) is 35.4 Å². The first-order valence-corrected chi connectivity index (χ1v) is 7.91. The van der Waals surface area contributed by atoms with Gasteiger partial charge in [-0.2, -0.15) is 0 Å². The van der Waals surface area contributed by atoms with E-state index in [1.807, 2.05) is 0 Å². The minimum absolute atomic E-state index is 0.454. The highest BCUT2D eigenvalue weighted by molar-refractivity contribution is 5.58. The van der Waals surface area contributed by atoms with E-state index < -0.39 is 0 Å². The number of ether oxygens (including phenoxy) is 1. The summed E-state index contributed by atoms with van der Waals surface area (Å²) >= 11 is 0. The van der Waals surface area contributed by atoms with E-state index in [0.29, 0.717) is 24.5 Å². The molecule has 1 unspecified atom stereocenters. The smallest absolute Gasteiger partial charge is 0.123 e. The topological polar surface area (TPSA) is 21.3 Å². The summed E-state index contributed by atoms with van der Waals surface area (Å²) < 4.78 is 5.92. The van der Waals surface area contributed by atoms with Crippen LogP contribution in [0.5, 0.6) is 5.75 Å². The SMILES string of the molecule is C=C(COc1ccc(NC(C)C(C)C)c(C)c1C)C(C)C. The normalized spacial score (nSPS) is 12.6. The molecule has 0 aliphatic rings. The lowest BCUT2D eigenvalue weighted by molar-refractivity contribution is 0.337. The molecule has 118 valence electrons. The van der Waals surface area contributed by atoms with Gasteiger partial charge in [0.05, 0.1) is 0 Å². The van der Waals surface area contributed by atoms with Crippen LogP contribution in [0.3, 0.4) is 0 Å². The zero-order chi connectivity index (χ0) is 16.2. The number of anilines is 1. The molecule has 0 radical (unpaired) electrons. The van der Waals surface area contributed by atoms with Crippen LogP contribution in [-0.2, 0) is 0 Å². The molecule has 1 atom stereocenters. The van der Waals surface area contributed by atoms with E-state index in [4.69, 9.17) is 4.74 Å². The van der Waals surface area contributed by atoms with Gasteiger partial charge in [-0.15, -0.1) is 0 Å². The Morgan fingerprint density at radius 1 is 1.10 bits per heavy atom. The fourth-order valence-corrected chi connectivity index (χ4v) is 1.86. The van der Waals surface area contributed by atoms with Gasteiger partial charge in [-0.25, -0.2) is 0 Å². The van der Waals surface area contributed by atoms with E-state index in [2.05, 4.69) is 72.5 Å². The number of hydrogen-bond acceptors (Lipinski definition) is 2. The van der Waals surface area contributed by atoms with Gasteiger partial charge in [-0.1, -0.05) is 34.3 Å². The van der Waals surface area contributed by atoms with Crippen molar-refractivity contribution in [2.75, 3.05) is 11.9 Å². The quantitative estimate of drug-likeness (QED) is 0.683. The molecule has 2 heteroatoms. The molecule has 21 heavy (non-hydrogen) atoms. The molecular formula is C19H31NO. The van der Waals surface area contributed by atoms with Crippen LogP contribution in [0.15, 0.2) is 24.3 Å². The van der Waals surface area contributed by atoms with Crippen molar-refractivity contribution in [1.29, 1.82) is 0 Å². The summed E-state index contributed by atoms with van der Waals surface area (Å²) in [5.74, 6) is 2.02. The molecule has 0 amide bonds. The summed E-state index contributed by atoms with van der Waals surface area (Å²) in [6.45, 7) is 19.9. The Kier molecular flexibility index (Phi) is 6.32. The number of nitrogens with one attached hydrogen (secondary N) is 1. The third-order valence-electron chi connectivity index (χ3n) is 4.35. The van der Waals surface area contributed by atoms with Gasteiger partial charge in [0.15, 0.2) is 0 Å². The second-order valence-corrected chi connectivity index (χ2v) is 6.64. The van der Waals surface area contributed by atoms with E-state index in [0.717, 1.165) is 11.3 Å². The van der Waals surface area contributed by atoms with Crippen LogP contribution in [0, 0.1) is 25.7 Å². The highest BCUT2D eigenvalue weighted by atomic mass is 16.5. The number of rotatable bonds is 7. The van der Waals surface area contributed by atoms with Crippen LogP contribution in [-0.4, -0.2) is 12.6 Å². The summed E-state index contributed by atoms with van der Waals surface area (Å²) in [4.78, 5) is 0. The van der Waals surface area contributed by atoms with Crippen LogP contribution < -0.4 is 10.1 Å².